The Kier molecular flexibility index (Phi) is 6.46. The lowest BCUT2D eigenvalue weighted by molar-refractivity contribution is -0.183. The summed E-state index contributed by atoms with van der Waals surface area (Å²) in [5.41, 5.74) is -5.18. The van der Waals surface area contributed by atoms with Crippen molar-refractivity contribution in [3.8, 4) is 0 Å². The topological polar surface area (TPSA) is 159 Å². The van der Waals surface area contributed by atoms with Crippen LogP contribution in [0.3, 0.4) is 0 Å². The van der Waals surface area contributed by atoms with Gasteiger partial charge in [0.15, 0.2) is 5.78 Å². The fraction of sp³-hybridized carbons (Fsp3) is 0.889. The number of fused-ring (bicyclic) bond motifs is 5. The maximum Gasteiger partial charge on any atom is 0.159 e. The van der Waals surface area contributed by atoms with Gasteiger partial charge in [-0.3, -0.25) is 4.79 Å². The Morgan fingerprint density at radius 3 is 2.23 bits per heavy atom. The molecular formula is C27H44O8. The molecule has 8 heteroatoms. The van der Waals surface area contributed by atoms with Gasteiger partial charge in [-0.2, -0.15) is 0 Å². The van der Waals surface area contributed by atoms with Crippen LogP contribution < -0.4 is 0 Å². The van der Waals surface area contributed by atoms with Crippen LogP contribution in [0.15, 0.2) is 11.6 Å². The van der Waals surface area contributed by atoms with Gasteiger partial charge in [-0.05, 0) is 88.2 Å². The molecule has 3 saturated carbocycles. The zero-order valence-electron chi connectivity index (χ0n) is 21.6. The van der Waals surface area contributed by atoms with Gasteiger partial charge >= 0.3 is 0 Å². The summed E-state index contributed by atoms with van der Waals surface area (Å²) in [7, 11) is 0. The average Bonchev–Trinajstić information content (AvgIpc) is 3.01. The molecule has 0 aliphatic heterocycles. The third-order valence-electron chi connectivity index (χ3n) is 10.8. The molecule has 35 heavy (non-hydrogen) atoms. The number of carbonyl (C=O) groups is 1. The summed E-state index contributed by atoms with van der Waals surface area (Å²) in [4.78, 5) is 13.3. The standard InChI is InChI=1S/C27H44O8/c1-23(2,33)21(31)12-22(32)26(5,34)20-7-9-27(35)15-10-17(28)16-11-18(29)19(30)13-24(16,3)14(15)6-8-25(20,27)4/h10,14,16,18-22,29-35H,6-9,11-13H2,1-5H3/t14?,16-,18+,19-,20-,21-,22+,24+,25+,26+,27+/m0/s1. The maximum atomic E-state index is 13.3. The first-order valence-electron chi connectivity index (χ1n) is 13.0. The summed E-state index contributed by atoms with van der Waals surface area (Å²) < 4.78 is 0. The lowest BCUT2D eigenvalue weighted by Gasteiger charge is -2.60. The number of allylic oxidation sites excluding steroid dienone is 1. The molecule has 200 valence electrons. The molecule has 11 atom stereocenters. The fourth-order valence-electron chi connectivity index (χ4n) is 8.28. The van der Waals surface area contributed by atoms with Gasteiger partial charge in [0.05, 0.1) is 41.2 Å². The first kappa shape index (κ1) is 27.2. The zero-order valence-corrected chi connectivity index (χ0v) is 21.6. The van der Waals surface area contributed by atoms with Gasteiger partial charge in [-0.1, -0.05) is 13.8 Å². The number of hydrogen-bond donors (Lipinski definition) is 7. The van der Waals surface area contributed by atoms with Gasteiger partial charge in [-0.25, -0.2) is 0 Å². The molecule has 7 N–H and O–H groups in total. The number of aliphatic hydroxyl groups is 7. The van der Waals surface area contributed by atoms with Crippen LogP contribution in [0.5, 0.6) is 0 Å². The van der Waals surface area contributed by atoms with Crippen LogP contribution >= 0.6 is 0 Å². The Balaban J connectivity index is 1.67. The molecule has 0 amide bonds. The van der Waals surface area contributed by atoms with E-state index in [1.165, 1.54) is 20.8 Å². The zero-order chi connectivity index (χ0) is 26.4. The van der Waals surface area contributed by atoms with Crippen molar-refractivity contribution in [1.29, 1.82) is 0 Å². The predicted octanol–water partition coefficient (Wildman–Crippen LogP) is 0.825. The fourth-order valence-corrected chi connectivity index (χ4v) is 8.28. The van der Waals surface area contributed by atoms with Crippen LogP contribution in [0.2, 0.25) is 0 Å². The molecule has 8 nitrogen and oxygen atoms in total. The highest BCUT2D eigenvalue weighted by Gasteiger charge is 2.69. The summed E-state index contributed by atoms with van der Waals surface area (Å²) in [5.74, 6) is -1.18. The minimum Gasteiger partial charge on any atom is -0.390 e. The van der Waals surface area contributed by atoms with E-state index in [-0.39, 0.29) is 31.0 Å². The first-order valence-corrected chi connectivity index (χ1v) is 13.0. The quantitative estimate of drug-likeness (QED) is 0.295. The minimum atomic E-state index is -1.64. The second-order valence-corrected chi connectivity index (χ2v) is 13.2. The number of aliphatic hydroxyl groups excluding tert-OH is 4. The van der Waals surface area contributed by atoms with Gasteiger partial charge in [-0.15, -0.1) is 0 Å². The third kappa shape index (κ3) is 3.87. The highest BCUT2D eigenvalue weighted by Crippen LogP contribution is 2.68. The molecule has 0 bridgehead atoms. The Bertz CT molecular complexity index is 892. The first-order chi connectivity index (χ1) is 15.9. The van der Waals surface area contributed by atoms with Gasteiger partial charge < -0.3 is 35.7 Å². The maximum absolute atomic E-state index is 13.3. The lowest BCUT2D eigenvalue weighted by Crippen LogP contribution is -2.63. The van der Waals surface area contributed by atoms with E-state index in [0.29, 0.717) is 31.3 Å². The van der Waals surface area contributed by atoms with E-state index in [0.717, 1.165) is 0 Å². The molecule has 4 aliphatic carbocycles. The van der Waals surface area contributed by atoms with Crippen molar-refractivity contribution in [3.63, 3.8) is 0 Å². The van der Waals surface area contributed by atoms with Gasteiger partial charge in [0.2, 0.25) is 0 Å². The van der Waals surface area contributed by atoms with Crippen LogP contribution in [0.25, 0.3) is 0 Å². The predicted molar refractivity (Wildman–Crippen MR) is 128 cm³/mol. The molecule has 0 radical (unpaired) electrons. The van der Waals surface area contributed by atoms with Crippen LogP contribution in [0.1, 0.15) is 79.6 Å². The summed E-state index contributed by atoms with van der Waals surface area (Å²) in [6.45, 7) is 8.31. The summed E-state index contributed by atoms with van der Waals surface area (Å²) in [6.07, 6.45) is -0.617. The summed E-state index contributed by atoms with van der Waals surface area (Å²) in [5, 5.41) is 75.8. The van der Waals surface area contributed by atoms with Crippen molar-refractivity contribution in [2.24, 2.45) is 28.6 Å². The minimum absolute atomic E-state index is 0.129. The van der Waals surface area contributed by atoms with Crippen molar-refractivity contribution in [2.75, 3.05) is 0 Å². The van der Waals surface area contributed by atoms with Crippen molar-refractivity contribution < 1.29 is 40.5 Å². The largest absolute Gasteiger partial charge is 0.390 e. The van der Waals surface area contributed by atoms with Crippen LogP contribution in [-0.4, -0.2) is 82.7 Å². The smallest absolute Gasteiger partial charge is 0.159 e. The monoisotopic (exact) mass is 496 g/mol. The second-order valence-electron chi connectivity index (χ2n) is 13.2. The van der Waals surface area contributed by atoms with Crippen molar-refractivity contribution in [3.05, 3.63) is 11.6 Å². The molecule has 3 fully saturated rings. The van der Waals surface area contributed by atoms with Gasteiger partial charge in [0, 0.05) is 17.8 Å². The summed E-state index contributed by atoms with van der Waals surface area (Å²) in [6, 6.07) is 0. The van der Waals surface area contributed by atoms with Crippen molar-refractivity contribution in [1.82, 2.24) is 0 Å². The number of carbonyl (C=O) groups excluding carboxylic acids is 1. The van der Waals surface area contributed by atoms with E-state index in [1.54, 1.807) is 6.08 Å². The highest BCUT2D eigenvalue weighted by atomic mass is 16.4. The van der Waals surface area contributed by atoms with Gasteiger partial charge in [0.1, 0.15) is 0 Å². The Morgan fingerprint density at radius 2 is 1.63 bits per heavy atom. The van der Waals surface area contributed by atoms with Crippen LogP contribution in [0, 0.1) is 28.6 Å². The van der Waals surface area contributed by atoms with E-state index in [4.69, 9.17) is 0 Å². The highest BCUT2D eigenvalue weighted by molar-refractivity contribution is 5.95. The molecule has 4 rings (SSSR count). The molecule has 0 aromatic carbocycles. The van der Waals surface area contributed by atoms with E-state index < -0.39 is 63.9 Å². The number of hydrogen-bond acceptors (Lipinski definition) is 8. The van der Waals surface area contributed by atoms with Crippen molar-refractivity contribution >= 4 is 5.78 Å². The average molecular weight is 497 g/mol. The molecular weight excluding hydrogens is 452 g/mol. The molecule has 0 heterocycles. The lowest BCUT2D eigenvalue weighted by atomic mass is 9.45. The van der Waals surface area contributed by atoms with Crippen molar-refractivity contribution in [2.45, 2.75) is 121 Å². The third-order valence-corrected chi connectivity index (χ3v) is 10.8. The summed E-state index contributed by atoms with van der Waals surface area (Å²) >= 11 is 0. The second kappa shape index (κ2) is 8.32. The molecule has 0 aromatic heterocycles. The number of ketones is 1. The van der Waals surface area contributed by atoms with Gasteiger partial charge in [0.25, 0.3) is 0 Å². The van der Waals surface area contributed by atoms with E-state index in [1.807, 2.05) is 13.8 Å². The molecule has 4 aliphatic rings. The molecule has 0 aromatic rings. The van der Waals surface area contributed by atoms with E-state index >= 15 is 0 Å². The van der Waals surface area contributed by atoms with Crippen LogP contribution in [-0.2, 0) is 4.79 Å². The Labute approximate surface area is 207 Å². The molecule has 0 spiro atoms. The number of rotatable bonds is 5. The normalized spacial score (nSPS) is 47.1. The Morgan fingerprint density at radius 1 is 1.00 bits per heavy atom. The van der Waals surface area contributed by atoms with E-state index in [2.05, 4.69) is 0 Å². The Hall–Kier alpha value is -0.870. The molecule has 1 unspecified atom stereocenters. The van der Waals surface area contributed by atoms with E-state index in [9.17, 15) is 40.5 Å². The molecule has 0 saturated heterocycles. The SMILES string of the molecule is CC(C)(O)[C@@H](O)C[C@@H](O)[C@](C)(O)[C@H]1CC[C@@]2(O)C3=CC(=O)[C@@H]4C[C@@H](O)[C@@H](O)C[C@]4(C)C3CC[C@]12C. The van der Waals surface area contributed by atoms with Crippen LogP contribution in [0.4, 0.5) is 0 Å².